The fourth-order valence-corrected chi connectivity index (χ4v) is 1.91. The van der Waals surface area contributed by atoms with Crippen LogP contribution in [0.2, 0.25) is 0 Å². The Morgan fingerprint density at radius 2 is 2.27 bits per heavy atom. The number of Topliss-reactive ketones (excluding diaryl/α,β-unsaturated/α-hetero) is 1. The zero-order chi connectivity index (χ0) is 8.27. The average molecular weight is 172 g/mol. The SMILES string of the molecule is CSC(=O)C1CCCCC1=O. The standard InChI is InChI=1S/C8H12O2S/c1-11-8(10)6-4-2-3-5-7(6)9/h6H,2-5H2,1H3. The average Bonchev–Trinajstić information content (AvgIpc) is 2.04. The number of carbonyl (C=O) groups is 2. The molecule has 2 nitrogen and oxygen atoms in total. The quantitative estimate of drug-likeness (QED) is 0.564. The Morgan fingerprint density at radius 3 is 2.82 bits per heavy atom. The molecule has 0 radical (unpaired) electrons. The van der Waals surface area contributed by atoms with E-state index in [-0.39, 0.29) is 16.8 Å². The van der Waals surface area contributed by atoms with Gasteiger partial charge in [0.1, 0.15) is 5.78 Å². The van der Waals surface area contributed by atoms with Crippen molar-refractivity contribution < 1.29 is 9.59 Å². The zero-order valence-corrected chi connectivity index (χ0v) is 7.45. The van der Waals surface area contributed by atoms with Crippen LogP contribution < -0.4 is 0 Å². The minimum Gasteiger partial charge on any atom is -0.299 e. The monoisotopic (exact) mass is 172 g/mol. The van der Waals surface area contributed by atoms with Crippen LogP contribution in [-0.2, 0) is 9.59 Å². The molecule has 11 heavy (non-hydrogen) atoms. The van der Waals surface area contributed by atoms with Crippen molar-refractivity contribution in [3.8, 4) is 0 Å². The number of ketones is 1. The van der Waals surface area contributed by atoms with Gasteiger partial charge in [-0.2, -0.15) is 0 Å². The maximum absolute atomic E-state index is 11.2. The molecule has 0 saturated heterocycles. The van der Waals surface area contributed by atoms with E-state index in [9.17, 15) is 9.59 Å². The van der Waals surface area contributed by atoms with Gasteiger partial charge in [-0.3, -0.25) is 9.59 Å². The molecule has 0 spiro atoms. The number of rotatable bonds is 1. The van der Waals surface area contributed by atoms with E-state index in [4.69, 9.17) is 0 Å². The Bertz CT molecular complexity index is 169. The van der Waals surface area contributed by atoms with Gasteiger partial charge in [-0.1, -0.05) is 18.2 Å². The summed E-state index contributed by atoms with van der Waals surface area (Å²) < 4.78 is 0. The first-order valence-electron chi connectivity index (χ1n) is 3.86. The molecule has 0 amide bonds. The van der Waals surface area contributed by atoms with Gasteiger partial charge in [-0.05, 0) is 19.1 Å². The summed E-state index contributed by atoms with van der Waals surface area (Å²) >= 11 is 1.18. The van der Waals surface area contributed by atoms with Crippen LogP contribution in [0.3, 0.4) is 0 Å². The molecular formula is C8H12O2S. The van der Waals surface area contributed by atoms with Crippen molar-refractivity contribution in [2.75, 3.05) is 6.26 Å². The van der Waals surface area contributed by atoms with Crippen molar-refractivity contribution in [2.24, 2.45) is 5.92 Å². The molecule has 62 valence electrons. The highest BCUT2D eigenvalue weighted by molar-refractivity contribution is 8.13. The lowest BCUT2D eigenvalue weighted by molar-refractivity contribution is -0.130. The van der Waals surface area contributed by atoms with Gasteiger partial charge >= 0.3 is 0 Å². The molecule has 0 N–H and O–H groups in total. The summed E-state index contributed by atoms with van der Waals surface area (Å²) in [6.45, 7) is 0. The molecule has 0 aromatic rings. The first-order chi connectivity index (χ1) is 5.25. The second-order valence-corrected chi connectivity index (χ2v) is 3.60. The lowest BCUT2D eigenvalue weighted by atomic mass is 9.89. The molecule has 0 aliphatic heterocycles. The summed E-state index contributed by atoms with van der Waals surface area (Å²) in [6.07, 6.45) is 5.12. The number of thioether (sulfide) groups is 1. The predicted octanol–water partition coefficient (Wildman–Crippen LogP) is 1.64. The van der Waals surface area contributed by atoms with Gasteiger partial charge in [0.05, 0.1) is 5.92 Å². The largest absolute Gasteiger partial charge is 0.299 e. The molecule has 1 saturated carbocycles. The first-order valence-corrected chi connectivity index (χ1v) is 5.08. The molecule has 0 aromatic heterocycles. The summed E-state index contributed by atoms with van der Waals surface area (Å²) in [5.74, 6) is -0.130. The highest BCUT2D eigenvalue weighted by Crippen LogP contribution is 2.24. The van der Waals surface area contributed by atoms with Crippen LogP contribution in [0.5, 0.6) is 0 Å². The topological polar surface area (TPSA) is 34.1 Å². The molecule has 1 atom stereocenters. The van der Waals surface area contributed by atoms with E-state index in [0.29, 0.717) is 6.42 Å². The van der Waals surface area contributed by atoms with E-state index in [1.807, 2.05) is 0 Å². The fourth-order valence-electron chi connectivity index (χ4n) is 1.37. The summed E-state index contributed by atoms with van der Waals surface area (Å²) in [5, 5.41) is 0.0506. The minimum absolute atomic E-state index is 0.0506. The maximum Gasteiger partial charge on any atom is 0.199 e. The van der Waals surface area contributed by atoms with Crippen LogP contribution in [0.25, 0.3) is 0 Å². The van der Waals surface area contributed by atoms with Crippen molar-refractivity contribution in [1.82, 2.24) is 0 Å². The lowest BCUT2D eigenvalue weighted by Crippen LogP contribution is -2.24. The maximum atomic E-state index is 11.2. The first kappa shape index (κ1) is 8.78. The normalized spacial score (nSPS) is 25.2. The molecule has 3 heteroatoms. The van der Waals surface area contributed by atoms with Gasteiger partial charge in [0, 0.05) is 6.42 Å². The van der Waals surface area contributed by atoms with Crippen molar-refractivity contribution in [1.29, 1.82) is 0 Å². The van der Waals surface area contributed by atoms with E-state index in [1.54, 1.807) is 6.26 Å². The van der Waals surface area contributed by atoms with Gasteiger partial charge in [0.2, 0.25) is 0 Å². The molecule has 1 unspecified atom stereocenters. The Hall–Kier alpha value is -0.310. The van der Waals surface area contributed by atoms with Gasteiger partial charge in [0.15, 0.2) is 5.12 Å². The van der Waals surface area contributed by atoms with Crippen LogP contribution in [0, 0.1) is 5.92 Å². The van der Waals surface area contributed by atoms with Crippen molar-refractivity contribution >= 4 is 22.7 Å². The van der Waals surface area contributed by atoms with Crippen molar-refractivity contribution in [2.45, 2.75) is 25.7 Å². The molecule has 1 aliphatic carbocycles. The third kappa shape index (κ3) is 2.06. The third-order valence-electron chi connectivity index (χ3n) is 2.04. The molecule has 0 aromatic carbocycles. The molecule has 1 aliphatic rings. The van der Waals surface area contributed by atoms with Gasteiger partial charge in [0.25, 0.3) is 0 Å². The minimum atomic E-state index is -0.279. The van der Waals surface area contributed by atoms with E-state index in [2.05, 4.69) is 0 Å². The van der Waals surface area contributed by atoms with E-state index in [0.717, 1.165) is 19.3 Å². The van der Waals surface area contributed by atoms with E-state index in [1.165, 1.54) is 11.8 Å². The van der Waals surface area contributed by atoms with Gasteiger partial charge < -0.3 is 0 Å². The summed E-state index contributed by atoms with van der Waals surface area (Å²) in [7, 11) is 0. The molecular weight excluding hydrogens is 160 g/mol. The van der Waals surface area contributed by atoms with E-state index >= 15 is 0 Å². The van der Waals surface area contributed by atoms with Gasteiger partial charge in [-0.15, -0.1) is 0 Å². The smallest absolute Gasteiger partial charge is 0.199 e. The number of carbonyl (C=O) groups excluding carboxylic acids is 2. The van der Waals surface area contributed by atoms with Crippen molar-refractivity contribution in [3.63, 3.8) is 0 Å². The fraction of sp³-hybridized carbons (Fsp3) is 0.750. The second kappa shape index (κ2) is 3.90. The molecule has 0 bridgehead atoms. The van der Waals surface area contributed by atoms with Crippen LogP contribution in [0.1, 0.15) is 25.7 Å². The Morgan fingerprint density at radius 1 is 1.55 bits per heavy atom. The summed E-state index contributed by atoms with van der Waals surface area (Å²) in [4.78, 5) is 22.3. The molecule has 1 fully saturated rings. The van der Waals surface area contributed by atoms with Crippen LogP contribution in [-0.4, -0.2) is 17.2 Å². The highest BCUT2D eigenvalue weighted by Gasteiger charge is 2.27. The number of hydrogen-bond acceptors (Lipinski definition) is 3. The summed E-state index contributed by atoms with van der Waals surface area (Å²) in [6, 6.07) is 0. The van der Waals surface area contributed by atoms with Crippen molar-refractivity contribution in [3.05, 3.63) is 0 Å². The van der Waals surface area contributed by atoms with Crippen LogP contribution in [0.15, 0.2) is 0 Å². The highest BCUT2D eigenvalue weighted by atomic mass is 32.2. The molecule has 1 rings (SSSR count). The predicted molar refractivity (Wildman–Crippen MR) is 45.5 cm³/mol. The molecule has 0 heterocycles. The Kier molecular flexibility index (Phi) is 3.12. The van der Waals surface area contributed by atoms with Gasteiger partial charge in [-0.25, -0.2) is 0 Å². The third-order valence-corrected chi connectivity index (χ3v) is 2.73. The Balaban J connectivity index is 2.54. The summed E-state index contributed by atoms with van der Waals surface area (Å²) in [5.41, 5.74) is 0. The Labute approximate surface area is 70.7 Å². The lowest BCUT2D eigenvalue weighted by Gasteiger charge is -2.17. The van der Waals surface area contributed by atoms with Crippen LogP contribution in [0.4, 0.5) is 0 Å². The number of hydrogen-bond donors (Lipinski definition) is 0. The second-order valence-electron chi connectivity index (χ2n) is 2.79. The zero-order valence-electron chi connectivity index (χ0n) is 6.63. The van der Waals surface area contributed by atoms with E-state index < -0.39 is 0 Å². The van der Waals surface area contributed by atoms with Crippen LogP contribution >= 0.6 is 11.8 Å².